The van der Waals surface area contributed by atoms with Gasteiger partial charge in [0.2, 0.25) is 12.3 Å². The number of piperidine rings is 2. The van der Waals surface area contributed by atoms with Crippen LogP contribution in [0.4, 0.5) is 0 Å². The van der Waals surface area contributed by atoms with Crippen LogP contribution in [-0.2, 0) is 4.79 Å². The van der Waals surface area contributed by atoms with Crippen molar-refractivity contribution in [2.45, 2.75) is 31.4 Å². The van der Waals surface area contributed by atoms with E-state index >= 15 is 0 Å². The maximum Gasteiger partial charge on any atom is 0.213 e. The van der Waals surface area contributed by atoms with E-state index in [0.717, 1.165) is 30.3 Å². The van der Waals surface area contributed by atoms with Gasteiger partial charge in [0.05, 0.1) is 6.04 Å². The molecule has 0 aromatic carbocycles. The fourth-order valence-electron chi connectivity index (χ4n) is 3.01. The number of pyridine rings is 1. The minimum atomic E-state index is 0.0939. The Labute approximate surface area is 114 Å². The molecule has 0 N–H and O–H groups in total. The predicted molar refractivity (Wildman–Crippen MR) is 70.3 cm³/mol. The van der Waals surface area contributed by atoms with Crippen LogP contribution in [0.5, 0.6) is 5.88 Å². The van der Waals surface area contributed by atoms with Crippen LogP contribution in [0.15, 0.2) is 22.8 Å². The molecule has 4 nitrogen and oxygen atoms in total. The normalized spacial score (nSPS) is 30.3. The summed E-state index contributed by atoms with van der Waals surface area (Å²) in [6, 6.07) is 4.00. The molecule has 4 rings (SSSR count). The Bertz CT molecular complexity index is 437. The number of rotatable bonds is 3. The molecule has 18 heavy (non-hydrogen) atoms. The van der Waals surface area contributed by atoms with Gasteiger partial charge in [-0.3, -0.25) is 4.79 Å². The smallest absolute Gasteiger partial charge is 0.213 e. The molecule has 1 aromatic heterocycles. The fraction of sp³-hybridized carbons (Fsp3) is 0.538. The van der Waals surface area contributed by atoms with Gasteiger partial charge in [0.1, 0.15) is 6.10 Å². The highest BCUT2D eigenvalue weighted by Gasteiger charge is 2.41. The number of hydrogen-bond donors (Lipinski definition) is 0. The molecule has 5 heteroatoms. The second kappa shape index (κ2) is 4.88. The molecule has 0 unspecified atom stereocenters. The van der Waals surface area contributed by atoms with Gasteiger partial charge in [-0.1, -0.05) is 0 Å². The summed E-state index contributed by atoms with van der Waals surface area (Å²) < 4.78 is 6.88. The molecule has 3 aliphatic rings. The van der Waals surface area contributed by atoms with Gasteiger partial charge in [-0.25, -0.2) is 4.98 Å². The van der Waals surface area contributed by atoms with Crippen LogP contribution in [0.25, 0.3) is 0 Å². The van der Waals surface area contributed by atoms with E-state index in [9.17, 15) is 4.79 Å². The Kier molecular flexibility index (Phi) is 3.24. The maximum atomic E-state index is 11.0. The number of hydrogen-bond acceptors (Lipinski definition) is 3. The second-order valence-electron chi connectivity index (χ2n) is 5.02. The number of ether oxygens (including phenoxy) is 1. The number of amides is 1. The summed E-state index contributed by atoms with van der Waals surface area (Å²) in [5.41, 5.74) is 0. The molecule has 1 amide bonds. The van der Waals surface area contributed by atoms with Gasteiger partial charge in [-0.2, -0.15) is 0 Å². The summed E-state index contributed by atoms with van der Waals surface area (Å²) in [6.45, 7) is 0.891. The van der Waals surface area contributed by atoms with Crippen LogP contribution in [-0.4, -0.2) is 35.0 Å². The lowest BCUT2D eigenvalue weighted by molar-refractivity contribution is -0.130. The molecule has 3 heterocycles. The van der Waals surface area contributed by atoms with E-state index in [0.29, 0.717) is 11.8 Å². The third kappa shape index (κ3) is 2.23. The molecule has 96 valence electrons. The summed E-state index contributed by atoms with van der Waals surface area (Å²) in [7, 11) is 0. The van der Waals surface area contributed by atoms with Gasteiger partial charge in [0, 0.05) is 23.3 Å². The monoisotopic (exact) mass is 310 g/mol. The summed E-state index contributed by atoms with van der Waals surface area (Å²) >= 11 is 3.35. The molecule has 3 fully saturated rings. The number of fused-ring (bicyclic) bond motifs is 3. The number of aromatic nitrogens is 1. The molecular weight excluding hydrogens is 296 g/mol. The van der Waals surface area contributed by atoms with Gasteiger partial charge in [-0.15, -0.1) is 0 Å². The predicted octanol–water partition coefficient (Wildman–Crippen LogP) is 2.23. The third-order valence-corrected chi connectivity index (χ3v) is 4.34. The first-order valence-corrected chi connectivity index (χ1v) is 7.05. The third-order valence-electron chi connectivity index (χ3n) is 3.87. The van der Waals surface area contributed by atoms with Crippen molar-refractivity contribution in [3.8, 4) is 5.88 Å². The van der Waals surface area contributed by atoms with Crippen LogP contribution in [0, 0.1) is 5.92 Å². The Hall–Kier alpha value is -1.10. The average Bonchev–Trinajstić information content (AvgIpc) is 2.42. The largest absolute Gasteiger partial charge is 0.472 e. The van der Waals surface area contributed by atoms with E-state index in [-0.39, 0.29) is 12.1 Å². The standard InChI is InChI=1S/C13H15BrN2O2/c14-10-2-4-13(15-6-10)18-12-5-9-1-3-11(12)16(7-9)8-17/h2,4,6,8-9,11-12H,1,3,5,7H2/t9-,11+,12-/m1/s1. The highest BCUT2D eigenvalue weighted by Crippen LogP contribution is 2.36. The zero-order chi connectivity index (χ0) is 12.5. The van der Waals surface area contributed by atoms with Crippen molar-refractivity contribution in [1.29, 1.82) is 0 Å². The van der Waals surface area contributed by atoms with Gasteiger partial charge in [0.25, 0.3) is 0 Å². The number of nitrogens with zero attached hydrogens (tertiary/aromatic N) is 2. The number of halogens is 1. The Morgan fingerprint density at radius 3 is 3.00 bits per heavy atom. The topological polar surface area (TPSA) is 42.4 Å². The number of carbonyl (C=O) groups is 1. The zero-order valence-electron chi connectivity index (χ0n) is 9.96. The van der Waals surface area contributed by atoms with Crippen LogP contribution >= 0.6 is 15.9 Å². The lowest BCUT2D eigenvalue weighted by Crippen LogP contribution is -2.56. The first-order valence-electron chi connectivity index (χ1n) is 6.25. The van der Waals surface area contributed by atoms with Crippen LogP contribution in [0.3, 0.4) is 0 Å². The van der Waals surface area contributed by atoms with Crippen LogP contribution in [0.2, 0.25) is 0 Å². The van der Waals surface area contributed by atoms with Crippen molar-refractivity contribution in [3.05, 3.63) is 22.8 Å². The van der Waals surface area contributed by atoms with E-state index in [1.165, 1.54) is 6.42 Å². The molecule has 2 bridgehead atoms. The molecule has 1 aliphatic carbocycles. The maximum absolute atomic E-state index is 11.0. The van der Waals surface area contributed by atoms with Gasteiger partial charge in [0.15, 0.2) is 0 Å². The van der Waals surface area contributed by atoms with Crippen molar-refractivity contribution in [1.82, 2.24) is 9.88 Å². The molecule has 0 radical (unpaired) electrons. The molecule has 0 spiro atoms. The zero-order valence-corrected chi connectivity index (χ0v) is 11.5. The lowest BCUT2D eigenvalue weighted by atomic mass is 9.78. The van der Waals surface area contributed by atoms with Crippen molar-refractivity contribution < 1.29 is 9.53 Å². The minimum absolute atomic E-state index is 0.0939. The average molecular weight is 311 g/mol. The summed E-state index contributed by atoms with van der Waals surface area (Å²) in [6.07, 6.45) is 6.08. The SMILES string of the molecule is O=CN1C[C@@H]2CC[C@H]1[C@H](Oc1ccc(Br)cn1)C2. The van der Waals surface area contributed by atoms with Gasteiger partial charge < -0.3 is 9.64 Å². The Balaban J connectivity index is 1.73. The summed E-state index contributed by atoms with van der Waals surface area (Å²) in [4.78, 5) is 17.2. The van der Waals surface area contributed by atoms with Gasteiger partial charge in [-0.05, 0) is 47.2 Å². The van der Waals surface area contributed by atoms with Crippen molar-refractivity contribution in [2.24, 2.45) is 5.92 Å². The quantitative estimate of drug-likeness (QED) is 0.804. The van der Waals surface area contributed by atoms with E-state index in [1.54, 1.807) is 6.20 Å². The molecule has 2 saturated heterocycles. The first kappa shape index (κ1) is 12.0. The van der Waals surface area contributed by atoms with E-state index in [1.807, 2.05) is 17.0 Å². The van der Waals surface area contributed by atoms with E-state index < -0.39 is 0 Å². The Morgan fingerprint density at radius 1 is 1.44 bits per heavy atom. The summed E-state index contributed by atoms with van der Waals surface area (Å²) in [5, 5.41) is 0. The first-order chi connectivity index (χ1) is 8.76. The van der Waals surface area contributed by atoms with Crippen molar-refractivity contribution >= 4 is 22.3 Å². The highest BCUT2D eigenvalue weighted by molar-refractivity contribution is 9.10. The molecule has 2 aliphatic heterocycles. The molecule has 1 aromatic rings. The fourth-order valence-corrected chi connectivity index (χ4v) is 3.24. The lowest BCUT2D eigenvalue weighted by Gasteiger charge is -2.47. The second-order valence-corrected chi connectivity index (χ2v) is 5.94. The molecule has 3 atom stereocenters. The summed E-state index contributed by atoms with van der Waals surface area (Å²) in [5.74, 6) is 1.22. The van der Waals surface area contributed by atoms with Crippen LogP contribution < -0.4 is 4.74 Å². The van der Waals surface area contributed by atoms with E-state index in [4.69, 9.17) is 4.74 Å². The molecular formula is C13H15BrN2O2. The number of carbonyl (C=O) groups excluding carboxylic acids is 1. The minimum Gasteiger partial charge on any atom is -0.472 e. The van der Waals surface area contributed by atoms with Crippen molar-refractivity contribution in [2.75, 3.05) is 6.54 Å². The molecule has 1 saturated carbocycles. The Morgan fingerprint density at radius 2 is 2.33 bits per heavy atom. The van der Waals surface area contributed by atoms with Crippen LogP contribution in [0.1, 0.15) is 19.3 Å². The van der Waals surface area contributed by atoms with E-state index in [2.05, 4.69) is 20.9 Å². The highest BCUT2D eigenvalue weighted by atomic mass is 79.9. The van der Waals surface area contributed by atoms with Crippen molar-refractivity contribution in [3.63, 3.8) is 0 Å². The van der Waals surface area contributed by atoms with Gasteiger partial charge >= 0.3 is 0 Å².